The largest absolute Gasteiger partial charge is 0.330 e. The standard InChI is InChI=1S/C13H12FN3S2/c1-7-5-11-10(6-9(7)14)16-13(18)17(11)8(2)12-15-3-4-19-12/h3-6,8H,1-2H3,(H,16,18). The molecule has 2 heterocycles. The van der Waals surface area contributed by atoms with E-state index in [1.807, 2.05) is 22.9 Å². The number of halogens is 1. The average Bonchev–Trinajstić information content (AvgIpc) is 2.97. The van der Waals surface area contributed by atoms with E-state index in [9.17, 15) is 4.39 Å². The highest BCUT2D eigenvalue weighted by Crippen LogP contribution is 2.27. The summed E-state index contributed by atoms with van der Waals surface area (Å²) in [6.45, 7) is 3.80. The molecule has 1 N–H and O–H groups in total. The number of imidazole rings is 1. The summed E-state index contributed by atoms with van der Waals surface area (Å²) in [5.74, 6) is -0.224. The third-order valence-corrected chi connectivity index (χ3v) is 4.44. The molecule has 98 valence electrons. The molecule has 1 unspecified atom stereocenters. The number of hydrogen-bond acceptors (Lipinski definition) is 3. The molecule has 1 atom stereocenters. The van der Waals surface area contributed by atoms with E-state index in [4.69, 9.17) is 12.2 Å². The van der Waals surface area contributed by atoms with Crippen LogP contribution in [0.1, 0.15) is 23.5 Å². The molecule has 0 radical (unpaired) electrons. The second kappa shape index (κ2) is 4.54. The van der Waals surface area contributed by atoms with Gasteiger partial charge in [0.15, 0.2) is 4.77 Å². The van der Waals surface area contributed by atoms with Crippen molar-refractivity contribution in [3.05, 3.63) is 44.9 Å². The summed E-state index contributed by atoms with van der Waals surface area (Å²) in [6, 6.07) is 3.35. The summed E-state index contributed by atoms with van der Waals surface area (Å²) >= 11 is 6.94. The van der Waals surface area contributed by atoms with Gasteiger partial charge in [0.05, 0.1) is 17.1 Å². The molecule has 19 heavy (non-hydrogen) atoms. The maximum Gasteiger partial charge on any atom is 0.178 e. The van der Waals surface area contributed by atoms with Crippen molar-refractivity contribution in [2.45, 2.75) is 19.9 Å². The molecule has 2 aromatic heterocycles. The molecule has 0 amide bonds. The normalized spacial score (nSPS) is 13.0. The summed E-state index contributed by atoms with van der Waals surface area (Å²) in [4.78, 5) is 7.38. The Morgan fingerprint density at radius 3 is 2.95 bits per heavy atom. The third kappa shape index (κ3) is 2.01. The number of hydrogen-bond donors (Lipinski definition) is 1. The van der Waals surface area contributed by atoms with Crippen molar-refractivity contribution in [2.24, 2.45) is 0 Å². The van der Waals surface area contributed by atoms with E-state index >= 15 is 0 Å². The molecule has 0 spiro atoms. The molecule has 3 aromatic rings. The zero-order valence-electron chi connectivity index (χ0n) is 10.5. The Balaban J connectivity index is 2.26. The fourth-order valence-electron chi connectivity index (χ4n) is 2.19. The first-order valence-corrected chi connectivity index (χ1v) is 7.16. The molecular formula is C13H12FN3S2. The number of aromatic amines is 1. The summed E-state index contributed by atoms with van der Waals surface area (Å²) in [7, 11) is 0. The van der Waals surface area contributed by atoms with Crippen LogP contribution in [-0.4, -0.2) is 14.5 Å². The van der Waals surface area contributed by atoms with Gasteiger partial charge in [-0.05, 0) is 43.8 Å². The van der Waals surface area contributed by atoms with Crippen LogP contribution in [0.25, 0.3) is 11.0 Å². The molecule has 0 bridgehead atoms. The Kier molecular flexibility index (Phi) is 2.99. The number of fused-ring (bicyclic) bond motifs is 1. The van der Waals surface area contributed by atoms with Crippen LogP contribution >= 0.6 is 23.6 Å². The second-order valence-electron chi connectivity index (χ2n) is 4.47. The molecule has 0 aliphatic heterocycles. The number of aryl methyl sites for hydroxylation is 1. The molecule has 3 nitrogen and oxygen atoms in total. The van der Waals surface area contributed by atoms with Crippen LogP contribution < -0.4 is 0 Å². The fraction of sp³-hybridized carbons (Fsp3) is 0.231. The first-order chi connectivity index (χ1) is 9.08. The van der Waals surface area contributed by atoms with Crippen molar-refractivity contribution < 1.29 is 4.39 Å². The van der Waals surface area contributed by atoms with E-state index < -0.39 is 0 Å². The third-order valence-electron chi connectivity index (χ3n) is 3.19. The van der Waals surface area contributed by atoms with Gasteiger partial charge in [0, 0.05) is 11.6 Å². The summed E-state index contributed by atoms with van der Waals surface area (Å²) in [5, 5.41) is 2.92. The lowest BCUT2D eigenvalue weighted by Crippen LogP contribution is -2.06. The maximum atomic E-state index is 13.6. The Morgan fingerprint density at radius 2 is 2.26 bits per heavy atom. The minimum atomic E-state index is -0.224. The van der Waals surface area contributed by atoms with E-state index in [-0.39, 0.29) is 11.9 Å². The van der Waals surface area contributed by atoms with Crippen molar-refractivity contribution in [1.82, 2.24) is 14.5 Å². The number of thiazole rings is 1. The highest BCUT2D eigenvalue weighted by molar-refractivity contribution is 7.71. The van der Waals surface area contributed by atoms with E-state index in [1.54, 1.807) is 24.5 Å². The molecule has 6 heteroatoms. The first-order valence-electron chi connectivity index (χ1n) is 5.87. The van der Waals surface area contributed by atoms with Gasteiger partial charge in [-0.2, -0.15) is 0 Å². The maximum absolute atomic E-state index is 13.6. The average molecular weight is 293 g/mol. The Labute approximate surface area is 118 Å². The van der Waals surface area contributed by atoms with Gasteiger partial charge in [0.1, 0.15) is 10.8 Å². The van der Waals surface area contributed by atoms with E-state index in [0.29, 0.717) is 10.3 Å². The van der Waals surface area contributed by atoms with Crippen LogP contribution in [0.3, 0.4) is 0 Å². The quantitative estimate of drug-likeness (QED) is 0.718. The zero-order valence-corrected chi connectivity index (χ0v) is 12.1. The Morgan fingerprint density at radius 1 is 1.47 bits per heavy atom. The van der Waals surface area contributed by atoms with Crippen LogP contribution in [0.15, 0.2) is 23.7 Å². The van der Waals surface area contributed by atoms with Gasteiger partial charge < -0.3 is 9.55 Å². The fourth-order valence-corrected chi connectivity index (χ4v) is 3.24. The van der Waals surface area contributed by atoms with Crippen LogP contribution in [0.4, 0.5) is 4.39 Å². The van der Waals surface area contributed by atoms with Gasteiger partial charge in [0.25, 0.3) is 0 Å². The van der Waals surface area contributed by atoms with Crippen LogP contribution in [-0.2, 0) is 0 Å². The molecule has 0 saturated heterocycles. The Hall–Kier alpha value is -1.53. The van der Waals surface area contributed by atoms with Crippen LogP contribution in [0, 0.1) is 17.5 Å². The molecule has 1 aromatic carbocycles. The minimum Gasteiger partial charge on any atom is -0.330 e. The molecule has 0 aliphatic carbocycles. The van der Waals surface area contributed by atoms with Gasteiger partial charge in [-0.25, -0.2) is 9.37 Å². The zero-order chi connectivity index (χ0) is 13.6. The Bertz CT molecular complexity index is 786. The molecule has 0 fully saturated rings. The molecule has 0 aliphatic rings. The number of nitrogens with zero attached hydrogens (tertiary/aromatic N) is 2. The van der Waals surface area contributed by atoms with Crippen LogP contribution in [0.5, 0.6) is 0 Å². The lowest BCUT2D eigenvalue weighted by Gasteiger charge is -2.12. The van der Waals surface area contributed by atoms with Gasteiger partial charge in [-0.3, -0.25) is 0 Å². The van der Waals surface area contributed by atoms with E-state index in [0.717, 1.165) is 16.0 Å². The molecule has 0 saturated carbocycles. The van der Waals surface area contributed by atoms with Gasteiger partial charge in [0.2, 0.25) is 0 Å². The number of rotatable bonds is 2. The predicted octanol–water partition coefficient (Wildman–Crippen LogP) is 4.21. The topological polar surface area (TPSA) is 33.6 Å². The lowest BCUT2D eigenvalue weighted by molar-refractivity contribution is 0.619. The van der Waals surface area contributed by atoms with E-state index in [1.165, 1.54) is 6.07 Å². The predicted molar refractivity (Wildman–Crippen MR) is 77.7 cm³/mol. The van der Waals surface area contributed by atoms with Crippen molar-refractivity contribution >= 4 is 34.6 Å². The highest BCUT2D eigenvalue weighted by atomic mass is 32.1. The minimum absolute atomic E-state index is 0.0334. The van der Waals surface area contributed by atoms with E-state index in [2.05, 4.69) is 9.97 Å². The smallest absolute Gasteiger partial charge is 0.178 e. The SMILES string of the molecule is Cc1cc2c(cc1F)[nH]c(=S)n2C(C)c1nccs1. The summed E-state index contributed by atoms with van der Waals surface area (Å²) in [6.07, 6.45) is 1.78. The lowest BCUT2D eigenvalue weighted by atomic mass is 10.2. The number of benzene rings is 1. The van der Waals surface area contributed by atoms with Crippen LogP contribution in [0.2, 0.25) is 0 Å². The first kappa shape index (κ1) is 12.5. The second-order valence-corrected chi connectivity index (χ2v) is 5.78. The van der Waals surface area contributed by atoms with Crippen molar-refractivity contribution in [2.75, 3.05) is 0 Å². The summed E-state index contributed by atoms with van der Waals surface area (Å²) < 4.78 is 16.2. The van der Waals surface area contributed by atoms with Crippen molar-refractivity contribution in [3.63, 3.8) is 0 Å². The number of H-pyrrole nitrogens is 1. The van der Waals surface area contributed by atoms with Gasteiger partial charge in [-0.15, -0.1) is 11.3 Å². The molecule has 3 rings (SSSR count). The highest BCUT2D eigenvalue weighted by Gasteiger charge is 2.16. The number of nitrogens with one attached hydrogen (secondary N) is 1. The van der Waals surface area contributed by atoms with Crippen molar-refractivity contribution in [1.29, 1.82) is 0 Å². The van der Waals surface area contributed by atoms with Gasteiger partial charge >= 0.3 is 0 Å². The molecular weight excluding hydrogens is 281 g/mol. The van der Waals surface area contributed by atoms with Gasteiger partial charge in [-0.1, -0.05) is 0 Å². The number of aromatic nitrogens is 3. The van der Waals surface area contributed by atoms with Crippen molar-refractivity contribution in [3.8, 4) is 0 Å². The monoisotopic (exact) mass is 293 g/mol. The summed E-state index contributed by atoms with van der Waals surface area (Å²) in [5.41, 5.74) is 2.24.